The van der Waals surface area contributed by atoms with Crippen molar-refractivity contribution in [2.45, 2.75) is 80.1 Å². The van der Waals surface area contributed by atoms with E-state index in [-0.39, 0.29) is 27.8 Å². The summed E-state index contributed by atoms with van der Waals surface area (Å²) in [4.78, 5) is 13.0. The Morgan fingerprint density at radius 3 is 0.919 bits per heavy atom. The van der Waals surface area contributed by atoms with Crippen LogP contribution in [0.5, 0.6) is 0 Å². The third-order valence-corrected chi connectivity index (χ3v) is 17.4. The zero-order chi connectivity index (χ0) is 63.3. The fraction of sp³-hybridized carbons (Fsp3) is 0.183. The summed E-state index contributed by atoms with van der Waals surface area (Å²) >= 11 is 0. The predicted octanol–water partition coefficient (Wildman–Crippen LogP) is 20.8. The van der Waals surface area contributed by atoms with E-state index in [1.54, 1.807) is 103 Å². The van der Waals surface area contributed by atoms with Crippen LogP contribution in [0, 0.1) is 0 Å². The van der Waals surface area contributed by atoms with Crippen molar-refractivity contribution < 1.29 is 110 Å². The molecule has 9 aromatic carbocycles. The van der Waals surface area contributed by atoms with Crippen LogP contribution in [0.3, 0.4) is 0 Å². The lowest BCUT2D eigenvalue weighted by atomic mass is 9.85. The second-order valence-corrected chi connectivity index (χ2v) is 21.9. The Hall–Kier alpha value is -8.03. The number of hydrogen-bond donors (Lipinski definition) is 0. The summed E-state index contributed by atoms with van der Waals surface area (Å²) in [6.45, 7) is 0. The number of halogens is 23. The molecule has 452 valence electrons. The zero-order valence-electron chi connectivity index (χ0n) is 42.5. The summed E-state index contributed by atoms with van der Waals surface area (Å²) in [5, 5.41) is 2.75. The van der Waals surface area contributed by atoms with Crippen molar-refractivity contribution in [2.75, 3.05) is 0 Å². The maximum atomic E-state index is 16.9. The van der Waals surface area contributed by atoms with Crippen molar-refractivity contribution in [3.05, 3.63) is 200 Å². The second kappa shape index (κ2) is 20.8. The molecular weight excluding hydrogens is 1220 g/mol. The lowest BCUT2D eigenvalue weighted by Crippen LogP contribution is -2.78. The topological polar surface area (TPSA) is 26.3 Å². The molecule has 0 atom stereocenters. The zero-order valence-corrected chi connectivity index (χ0v) is 43.3. The molecule has 9 aromatic rings. The van der Waals surface area contributed by atoms with Crippen LogP contribution < -0.4 is 0 Å². The van der Waals surface area contributed by atoms with Gasteiger partial charge in [0.15, 0.2) is 0 Å². The average Bonchev–Trinajstić information content (AvgIpc) is 0.697. The molecule has 0 bridgehead atoms. The average molecular weight is 1250 g/mol. The summed E-state index contributed by atoms with van der Waals surface area (Å²) in [6, 6.07) is 47.8. The maximum absolute atomic E-state index is 16.9. The van der Waals surface area contributed by atoms with Crippen LogP contribution in [0.4, 0.5) is 101 Å². The third-order valence-electron chi connectivity index (χ3n) is 14.1. The largest absolute Gasteiger partial charge is 0.460 e. The molecule has 0 heterocycles. The highest BCUT2D eigenvalue weighted by Crippen LogP contribution is 2.75. The van der Waals surface area contributed by atoms with Crippen molar-refractivity contribution >= 4 is 48.6 Å². The second-order valence-electron chi connectivity index (χ2n) is 19.3. The van der Waals surface area contributed by atoms with Crippen molar-refractivity contribution in [2.24, 2.45) is 0 Å². The molecule has 9 rings (SSSR count). The normalized spacial score (nSPS) is 14.2. The number of rotatable bonds is 17. The van der Waals surface area contributed by atoms with E-state index >= 15 is 43.9 Å². The molecule has 2 nitrogen and oxygen atoms in total. The fourth-order valence-electron chi connectivity index (χ4n) is 9.68. The summed E-state index contributed by atoms with van der Waals surface area (Å²) < 4.78 is 346. The smallest absolute Gasteiger partial charge is 0.397 e. The van der Waals surface area contributed by atoms with Gasteiger partial charge >= 0.3 is 71.4 Å². The first kappa shape index (κ1) is 62.5. The summed E-state index contributed by atoms with van der Waals surface area (Å²) in [6.07, 6.45) is -8.21. The van der Waals surface area contributed by atoms with Gasteiger partial charge in [0.25, 0.3) is 0 Å². The first-order valence-electron chi connectivity index (χ1n) is 24.5. The number of benzene rings is 9. The minimum absolute atomic E-state index is 0.107. The first-order chi connectivity index (χ1) is 39.8. The Morgan fingerprint density at radius 1 is 0.291 bits per heavy atom. The predicted molar refractivity (Wildman–Crippen MR) is 272 cm³/mol. The Morgan fingerprint density at radius 2 is 0.570 bits per heavy atom. The van der Waals surface area contributed by atoms with Crippen LogP contribution in [0.25, 0.3) is 65.7 Å². The molecule has 26 heteroatoms. The minimum atomic E-state index is -9.64. The van der Waals surface area contributed by atoms with Gasteiger partial charge in [-0.3, -0.25) is 0 Å². The quantitative estimate of drug-likeness (QED) is 0.0850. The highest BCUT2D eigenvalue weighted by molar-refractivity contribution is 8.30. The summed E-state index contributed by atoms with van der Waals surface area (Å²) in [7, 11) is -4.97. The number of hydrogen-bond acceptors (Lipinski definition) is 2. The van der Waals surface area contributed by atoms with Gasteiger partial charge in [-0.25, -0.2) is 4.79 Å². The molecular formula is C60H33F23O2S. The number of carbonyl (C=O) groups is 1. The molecule has 86 heavy (non-hydrogen) atoms. The van der Waals surface area contributed by atoms with E-state index < -0.39 is 96.4 Å². The highest BCUT2D eigenvalue weighted by Gasteiger charge is 2.99. The monoisotopic (exact) mass is 1250 g/mol. The standard InChI is InChI=1S/C60H33F23O2S/c61-50(62,51(63,64)52(65,66)53(67,68)54(69,70)55(71,72)56(73,74)57(75,76)58(77,78)59(79,80)60(81,82)83)49(84)85-86(38-22-3-1-4-23-38,39-24-5-2-6-25-39)48-46(44-30-14-20-35-17-8-11-27-41(35)44)32-37(43-29-13-19-34-16-7-10-26-40(34)43)33-47(48)45-31-15-21-36-18-9-12-28-42(36)45/h1-33H. The van der Waals surface area contributed by atoms with E-state index in [0.717, 1.165) is 48.5 Å². The SMILES string of the molecule is O=C(OS(c1ccccc1)(c1ccccc1)c1c(-c2cccc3ccccc23)cc(-c2cccc3ccccc23)cc1-c1cccc2ccccc12)C(F)(F)C(F)(F)C(F)(F)C(F)(F)C(F)(F)C(F)(F)C(F)(F)C(F)(F)C(F)(F)C(F)(F)C(F)(F)F. The number of carbonyl (C=O) groups excluding carboxylic acids is 1. The Kier molecular flexibility index (Phi) is 15.2. The van der Waals surface area contributed by atoms with Crippen LogP contribution in [0.15, 0.2) is 215 Å². The van der Waals surface area contributed by atoms with Crippen LogP contribution in [-0.4, -0.2) is 71.4 Å². The van der Waals surface area contributed by atoms with Gasteiger partial charge in [-0.15, -0.1) is 0 Å². The third kappa shape index (κ3) is 8.99. The molecule has 0 amide bonds. The maximum Gasteiger partial charge on any atom is 0.460 e. The van der Waals surface area contributed by atoms with E-state index in [0.29, 0.717) is 37.9 Å². The number of alkyl halides is 23. The molecule has 0 N–H and O–H groups in total. The van der Waals surface area contributed by atoms with E-state index in [2.05, 4.69) is 0 Å². The lowest BCUT2D eigenvalue weighted by Gasteiger charge is -2.46. The fourth-order valence-corrected chi connectivity index (χ4v) is 13.1. The molecule has 0 spiro atoms. The Bertz CT molecular complexity index is 3880. The van der Waals surface area contributed by atoms with Crippen LogP contribution in [-0.2, 0) is 8.98 Å². The lowest BCUT2D eigenvalue weighted by molar-refractivity contribution is -0.477. The number of fused-ring (bicyclic) bond motifs is 3. The van der Waals surface area contributed by atoms with Gasteiger partial charge in [0, 0.05) is 14.7 Å². The van der Waals surface area contributed by atoms with E-state index in [4.69, 9.17) is 4.18 Å². The molecule has 0 fully saturated rings. The van der Waals surface area contributed by atoms with E-state index in [9.17, 15) is 61.9 Å². The molecule has 0 aliphatic rings. The van der Waals surface area contributed by atoms with E-state index in [1.807, 2.05) is 0 Å². The highest BCUT2D eigenvalue weighted by atomic mass is 32.3. The van der Waals surface area contributed by atoms with Gasteiger partial charge in [-0.05, 0) is 112 Å². The summed E-state index contributed by atoms with van der Waals surface area (Å²) in [5.74, 6) is -95.5. The van der Waals surface area contributed by atoms with Crippen LogP contribution >= 0.6 is 10.3 Å². The van der Waals surface area contributed by atoms with Crippen molar-refractivity contribution in [3.63, 3.8) is 0 Å². The van der Waals surface area contributed by atoms with Gasteiger partial charge < -0.3 is 4.18 Å². The van der Waals surface area contributed by atoms with Gasteiger partial charge in [0.05, 0.1) is 0 Å². The Balaban J connectivity index is 1.33. The molecule has 0 unspecified atom stereocenters. The minimum Gasteiger partial charge on any atom is -0.397 e. The van der Waals surface area contributed by atoms with Gasteiger partial charge in [-0.2, -0.15) is 101 Å². The van der Waals surface area contributed by atoms with E-state index in [1.165, 1.54) is 48.5 Å². The molecule has 0 aliphatic carbocycles. The van der Waals surface area contributed by atoms with Crippen LogP contribution in [0.2, 0.25) is 0 Å². The molecule has 0 aromatic heterocycles. The molecule has 0 radical (unpaired) electrons. The van der Waals surface area contributed by atoms with Crippen LogP contribution in [0.1, 0.15) is 0 Å². The van der Waals surface area contributed by atoms with Crippen molar-refractivity contribution in [1.29, 1.82) is 0 Å². The van der Waals surface area contributed by atoms with Gasteiger partial charge in [-0.1, -0.05) is 164 Å². The van der Waals surface area contributed by atoms with Gasteiger partial charge in [0.2, 0.25) is 0 Å². The summed E-state index contributed by atoms with van der Waals surface area (Å²) in [5.41, 5.74) is 0.618. The Labute approximate surface area is 470 Å². The molecule has 0 aliphatic heterocycles. The molecule has 0 saturated carbocycles. The van der Waals surface area contributed by atoms with Crippen molar-refractivity contribution in [1.82, 2.24) is 0 Å². The first-order valence-corrected chi connectivity index (χ1v) is 26.0. The molecule has 0 saturated heterocycles. The van der Waals surface area contributed by atoms with Crippen molar-refractivity contribution in [3.8, 4) is 33.4 Å². The van der Waals surface area contributed by atoms with Gasteiger partial charge in [0.1, 0.15) is 0 Å².